The zero-order chi connectivity index (χ0) is 10.1. The molecule has 0 spiro atoms. The number of benzene rings is 1. The fraction of sp³-hybridized carbons (Fsp3) is 0.222. The molecule has 1 aromatic carbocycles. The van der Waals surface area contributed by atoms with E-state index in [1.165, 1.54) is 4.68 Å². The van der Waals surface area contributed by atoms with Crippen molar-refractivity contribution in [2.24, 2.45) is 0 Å². The molecular formula is C9H13ClN4O. The van der Waals surface area contributed by atoms with Gasteiger partial charge in [-0.15, -0.1) is 4.68 Å². The quantitative estimate of drug-likeness (QED) is 0.365. The van der Waals surface area contributed by atoms with Gasteiger partial charge in [-0.2, -0.15) is 0 Å². The molecule has 0 amide bonds. The number of anilines is 1. The molecule has 0 radical (unpaired) electrons. The highest BCUT2D eigenvalue weighted by Gasteiger charge is 2.17. The Morgan fingerprint density at radius 1 is 1.33 bits per heavy atom. The van der Waals surface area contributed by atoms with E-state index < -0.39 is 0 Å². The number of rotatable bonds is 2. The maximum atomic E-state index is 8.89. The van der Waals surface area contributed by atoms with Crippen LogP contribution >= 0.6 is 0 Å². The third kappa shape index (κ3) is 1.71. The molecule has 1 aromatic heterocycles. The van der Waals surface area contributed by atoms with E-state index in [0.29, 0.717) is 12.5 Å². The Hall–Kier alpha value is -1.46. The lowest BCUT2D eigenvalue weighted by Crippen LogP contribution is -3.00. The van der Waals surface area contributed by atoms with Crippen LogP contribution in [0.1, 0.15) is 0 Å². The van der Waals surface area contributed by atoms with Crippen LogP contribution in [0.4, 0.5) is 5.95 Å². The number of hydrogen-bond donors (Lipinski definition) is 3. The minimum atomic E-state index is 0. The molecule has 0 saturated carbocycles. The Morgan fingerprint density at radius 3 is 2.67 bits per heavy atom. The average molecular weight is 229 g/mol. The molecule has 0 unspecified atom stereocenters. The normalized spacial score (nSPS) is 10.2. The van der Waals surface area contributed by atoms with E-state index in [9.17, 15) is 0 Å². The van der Waals surface area contributed by atoms with Crippen LogP contribution in [0.15, 0.2) is 24.3 Å². The molecule has 82 valence electrons. The van der Waals surface area contributed by atoms with Crippen LogP contribution in [-0.4, -0.2) is 16.4 Å². The van der Waals surface area contributed by atoms with Gasteiger partial charge in [0.15, 0.2) is 5.52 Å². The lowest BCUT2D eigenvalue weighted by Gasteiger charge is -1.95. The van der Waals surface area contributed by atoms with Crippen LogP contribution in [-0.2, 0) is 6.54 Å². The van der Waals surface area contributed by atoms with Crippen LogP contribution < -0.4 is 28.6 Å². The molecule has 15 heavy (non-hydrogen) atoms. The number of hydrogen-bond acceptors (Lipinski definition) is 3. The molecule has 2 rings (SSSR count). The number of fused-ring (bicyclic) bond motifs is 1. The Balaban J connectivity index is 0.00000112. The number of aromatic nitrogens is 2. The van der Waals surface area contributed by atoms with Gasteiger partial charge < -0.3 is 17.5 Å². The fourth-order valence-corrected chi connectivity index (χ4v) is 1.61. The van der Waals surface area contributed by atoms with Crippen molar-refractivity contribution in [1.82, 2.24) is 4.68 Å². The molecule has 1 heterocycles. The topological polar surface area (TPSA) is 81.1 Å². The van der Waals surface area contributed by atoms with Crippen LogP contribution in [0.3, 0.4) is 0 Å². The lowest BCUT2D eigenvalue weighted by atomic mass is 10.3. The van der Waals surface area contributed by atoms with Gasteiger partial charge in [-0.25, -0.2) is 4.57 Å². The molecule has 2 aromatic rings. The summed E-state index contributed by atoms with van der Waals surface area (Å²) in [6.07, 6.45) is 0. The van der Waals surface area contributed by atoms with E-state index in [-0.39, 0.29) is 19.0 Å². The van der Waals surface area contributed by atoms with E-state index in [2.05, 4.69) is 0 Å². The van der Waals surface area contributed by atoms with Gasteiger partial charge in [0.1, 0.15) is 5.52 Å². The number of para-hydroxylation sites is 2. The van der Waals surface area contributed by atoms with Crippen molar-refractivity contribution in [1.29, 1.82) is 0 Å². The Bertz CT molecular complexity index is 468. The lowest BCUT2D eigenvalue weighted by molar-refractivity contribution is -0.658. The monoisotopic (exact) mass is 228 g/mol. The highest BCUT2D eigenvalue weighted by atomic mass is 35.5. The average Bonchev–Trinajstić information content (AvgIpc) is 2.45. The molecule has 0 bridgehead atoms. The molecule has 0 saturated heterocycles. The highest BCUT2D eigenvalue weighted by Crippen LogP contribution is 2.11. The van der Waals surface area contributed by atoms with Crippen molar-refractivity contribution in [2.45, 2.75) is 6.54 Å². The van der Waals surface area contributed by atoms with Crippen molar-refractivity contribution < 1.29 is 22.1 Å². The summed E-state index contributed by atoms with van der Waals surface area (Å²) in [4.78, 5) is 0. The second-order valence-corrected chi connectivity index (χ2v) is 3.09. The largest absolute Gasteiger partial charge is 1.00 e. The number of halogens is 1. The van der Waals surface area contributed by atoms with Crippen LogP contribution in [0.25, 0.3) is 11.0 Å². The Labute approximate surface area is 93.3 Å². The van der Waals surface area contributed by atoms with Crippen molar-refractivity contribution in [2.75, 3.05) is 18.2 Å². The van der Waals surface area contributed by atoms with Crippen molar-refractivity contribution in [3.63, 3.8) is 0 Å². The minimum Gasteiger partial charge on any atom is -1.00 e. The van der Waals surface area contributed by atoms with E-state index in [0.717, 1.165) is 11.0 Å². The SMILES string of the molecule is Nc1n(N)c2ccccc2[n+]1CCO.[Cl-]. The van der Waals surface area contributed by atoms with Gasteiger partial charge in [0.05, 0.1) is 13.2 Å². The van der Waals surface area contributed by atoms with Gasteiger partial charge >= 0.3 is 5.95 Å². The summed E-state index contributed by atoms with van der Waals surface area (Å²) in [5.41, 5.74) is 7.58. The maximum Gasteiger partial charge on any atom is 0.378 e. The highest BCUT2D eigenvalue weighted by molar-refractivity contribution is 5.73. The van der Waals surface area contributed by atoms with Crippen LogP contribution in [0, 0.1) is 0 Å². The Kier molecular flexibility index (Phi) is 3.39. The first-order valence-corrected chi connectivity index (χ1v) is 4.40. The zero-order valence-electron chi connectivity index (χ0n) is 8.10. The third-order valence-corrected chi connectivity index (χ3v) is 2.28. The second-order valence-electron chi connectivity index (χ2n) is 3.09. The van der Waals surface area contributed by atoms with Crippen LogP contribution in [0.2, 0.25) is 0 Å². The van der Waals surface area contributed by atoms with Gasteiger partial charge in [-0.3, -0.25) is 11.6 Å². The molecule has 0 fully saturated rings. The fourth-order valence-electron chi connectivity index (χ4n) is 1.61. The van der Waals surface area contributed by atoms with E-state index in [1.54, 1.807) is 4.57 Å². The molecule has 5 N–H and O–H groups in total. The minimum absolute atomic E-state index is 0. The van der Waals surface area contributed by atoms with Gasteiger partial charge in [-0.05, 0) is 12.1 Å². The maximum absolute atomic E-state index is 8.89. The predicted molar refractivity (Wildman–Crippen MR) is 53.8 cm³/mol. The summed E-state index contributed by atoms with van der Waals surface area (Å²) in [6, 6.07) is 7.62. The third-order valence-electron chi connectivity index (χ3n) is 2.28. The standard InChI is InChI=1S/C9H12N4O.ClH/c10-9-12(5-6-14)7-3-1-2-4-8(7)13(9)11;/h1-4,10,14H,5-6,11H2;1H. The molecule has 6 heteroatoms. The number of imidazole rings is 1. The zero-order valence-corrected chi connectivity index (χ0v) is 8.85. The summed E-state index contributed by atoms with van der Waals surface area (Å²) in [7, 11) is 0. The number of aliphatic hydroxyl groups is 1. The number of nitrogens with zero attached hydrogens (tertiary/aromatic N) is 2. The summed E-state index contributed by atoms with van der Waals surface area (Å²) < 4.78 is 3.21. The molecule has 0 atom stereocenters. The van der Waals surface area contributed by atoms with Crippen molar-refractivity contribution in [3.05, 3.63) is 24.3 Å². The van der Waals surface area contributed by atoms with Gasteiger partial charge in [0.2, 0.25) is 0 Å². The summed E-state index contributed by atoms with van der Waals surface area (Å²) in [5, 5.41) is 8.89. The summed E-state index contributed by atoms with van der Waals surface area (Å²) in [5.74, 6) is 6.20. The number of nitrogen functional groups attached to an aromatic ring is 2. The smallest absolute Gasteiger partial charge is 0.378 e. The first-order chi connectivity index (χ1) is 6.75. The van der Waals surface area contributed by atoms with Gasteiger partial charge in [0, 0.05) is 0 Å². The van der Waals surface area contributed by atoms with Crippen LogP contribution in [0.5, 0.6) is 0 Å². The van der Waals surface area contributed by atoms with Crippen molar-refractivity contribution in [3.8, 4) is 0 Å². The van der Waals surface area contributed by atoms with E-state index >= 15 is 0 Å². The second kappa shape index (κ2) is 4.37. The molecule has 5 nitrogen and oxygen atoms in total. The first kappa shape index (κ1) is 11.6. The first-order valence-electron chi connectivity index (χ1n) is 4.40. The van der Waals surface area contributed by atoms with Gasteiger partial charge in [-0.1, -0.05) is 12.1 Å². The number of aliphatic hydroxyl groups excluding tert-OH is 1. The Morgan fingerprint density at radius 2 is 2.00 bits per heavy atom. The predicted octanol–water partition coefficient (Wildman–Crippen LogP) is -3.78. The molecule has 0 aliphatic heterocycles. The molecule has 0 aliphatic carbocycles. The molecular weight excluding hydrogens is 216 g/mol. The van der Waals surface area contributed by atoms with E-state index in [4.69, 9.17) is 16.7 Å². The number of nitrogens with two attached hydrogens (primary N) is 2. The molecule has 0 aliphatic rings. The van der Waals surface area contributed by atoms with E-state index in [1.807, 2.05) is 24.3 Å². The van der Waals surface area contributed by atoms with Crippen molar-refractivity contribution >= 4 is 17.0 Å². The van der Waals surface area contributed by atoms with Gasteiger partial charge in [0.25, 0.3) is 0 Å². The summed E-state index contributed by atoms with van der Waals surface area (Å²) in [6.45, 7) is 0.499. The summed E-state index contributed by atoms with van der Waals surface area (Å²) >= 11 is 0.